The highest BCUT2D eigenvalue weighted by molar-refractivity contribution is 6.31. The summed E-state index contributed by atoms with van der Waals surface area (Å²) < 4.78 is 41.3. The summed E-state index contributed by atoms with van der Waals surface area (Å²) in [5, 5.41) is 12.2. The number of alkyl halides is 3. The van der Waals surface area contributed by atoms with Crippen LogP contribution in [-0.4, -0.2) is 12.3 Å². The fourth-order valence-corrected chi connectivity index (χ4v) is 2.23. The van der Waals surface area contributed by atoms with E-state index < -0.39 is 18.0 Å². The van der Waals surface area contributed by atoms with Crippen LogP contribution in [0.1, 0.15) is 11.1 Å². The number of carbonyl (C=O) groups excluding carboxylic acids is 1. The molecule has 0 aliphatic rings. The van der Waals surface area contributed by atoms with E-state index in [1.54, 1.807) is 31.2 Å². The molecule has 0 saturated heterocycles. The van der Waals surface area contributed by atoms with Gasteiger partial charge in [-0.15, -0.1) is 13.2 Å². The summed E-state index contributed by atoms with van der Waals surface area (Å²) in [6.45, 7) is 1.68. The van der Waals surface area contributed by atoms with Gasteiger partial charge >= 0.3 is 6.36 Å². The summed E-state index contributed by atoms with van der Waals surface area (Å²) in [5.41, 5.74) is 0.547. The Bertz CT molecular complexity index is 902. The van der Waals surface area contributed by atoms with Crippen molar-refractivity contribution >= 4 is 29.3 Å². The van der Waals surface area contributed by atoms with Crippen LogP contribution in [0.25, 0.3) is 6.08 Å². The Morgan fingerprint density at radius 3 is 2.58 bits per heavy atom. The Hall–Kier alpha value is -2.98. The van der Waals surface area contributed by atoms with Crippen molar-refractivity contribution in [3.63, 3.8) is 0 Å². The number of halogens is 4. The van der Waals surface area contributed by atoms with Crippen molar-refractivity contribution in [1.82, 2.24) is 0 Å². The lowest BCUT2D eigenvalue weighted by Gasteiger charge is -2.12. The first-order chi connectivity index (χ1) is 12.2. The molecule has 0 spiro atoms. The highest BCUT2D eigenvalue weighted by atomic mass is 35.5. The van der Waals surface area contributed by atoms with Gasteiger partial charge in [0.05, 0.1) is 0 Å². The van der Waals surface area contributed by atoms with Gasteiger partial charge in [0.15, 0.2) is 0 Å². The number of anilines is 1. The second-order valence-corrected chi connectivity index (χ2v) is 5.53. The normalized spacial score (nSPS) is 11.6. The van der Waals surface area contributed by atoms with Gasteiger partial charge in [-0.3, -0.25) is 4.79 Å². The Morgan fingerprint density at radius 1 is 1.23 bits per heavy atom. The van der Waals surface area contributed by atoms with Crippen molar-refractivity contribution in [3.05, 3.63) is 64.2 Å². The zero-order valence-electron chi connectivity index (χ0n) is 13.4. The summed E-state index contributed by atoms with van der Waals surface area (Å²) >= 11 is 5.97. The molecular weight excluding hydrogens is 369 g/mol. The van der Waals surface area contributed by atoms with Gasteiger partial charge in [0, 0.05) is 16.3 Å². The van der Waals surface area contributed by atoms with Gasteiger partial charge in [-0.05, 0) is 36.8 Å². The van der Waals surface area contributed by atoms with Gasteiger partial charge in [-0.2, -0.15) is 5.26 Å². The summed E-state index contributed by atoms with van der Waals surface area (Å²) in [5.74, 6) is -1.29. The van der Waals surface area contributed by atoms with Crippen LogP contribution in [0.3, 0.4) is 0 Å². The molecule has 4 nitrogen and oxygen atoms in total. The second kappa shape index (κ2) is 7.93. The van der Waals surface area contributed by atoms with Crippen molar-refractivity contribution in [2.24, 2.45) is 0 Å². The third-order valence-electron chi connectivity index (χ3n) is 3.33. The molecule has 26 heavy (non-hydrogen) atoms. The van der Waals surface area contributed by atoms with Crippen molar-refractivity contribution in [2.45, 2.75) is 13.3 Å². The van der Waals surface area contributed by atoms with E-state index in [4.69, 9.17) is 11.6 Å². The molecule has 0 aliphatic heterocycles. The van der Waals surface area contributed by atoms with Crippen molar-refractivity contribution in [2.75, 3.05) is 5.32 Å². The number of ether oxygens (including phenoxy) is 1. The highest BCUT2D eigenvalue weighted by Gasteiger charge is 2.31. The molecule has 0 aliphatic carbocycles. The zero-order valence-corrected chi connectivity index (χ0v) is 14.2. The van der Waals surface area contributed by atoms with Crippen LogP contribution in [0.5, 0.6) is 5.75 Å². The fourth-order valence-electron chi connectivity index (χ4n) is 2.05. The van der Waals surface area contributed by atoms with Gasteiger partial charge in [0.25, 0.3) is 5.91 Å². The third kappa shape index (κ3) is 5.01. The quantitative estimate of drug-likeness (QED) is 0.593. The van der Waals surface area contributed by atoms with Gasteiger partial charge in [0.1, 0.15) is 17.4 Å². The van der Waals surface area contributed by atoms with Crippen LogP contribution in [0.2, 0.25) is 5.02 Å². The molecule has 0 bridgehead atoms. The molecule has 134 valence electrons. The molecule has 1 amide bonds. The van der Waals surface area contributed by atoms with Crippen LogP contribution >= 0.6 is 11.6 Å². The van der Waals surface area contributed by atoms with Gasteiger partial charge in [-0.1, -0.05) is 35.9 Å². The predicted molar refractivity (Wildman–Crippen MR) is 91.5 cm³/mol. The monoisotopic (exact) mass is 380 g/mol. The number of rotatable bonds is 4. The van der Waals surface area contributed by atoms with Crippen molar-refractivity contribution in [3.8, 4) is 11.8 Å². The van der Waals surface area contributed by atoms with Crippen LogP contribution in [0.15, 0.2) is 48.0 Å². The predicted octanol–water partition coefficient (Wildman–Crippen LogP) is 5.09. The molecule has 0 atom stereocenters. The van der Waals surface area contributed by atoms with Crippen LogP contribution in [0, 0.1) is 18.3 Å². The number of amides is 1. The average Bonchev–Trinajstić information content (AvgIpc) is 2.56. The number of nitriles is 1. The molecular formula is C18H12ClF3N2O2. The van der Waals surface area contributed by atoms with E-state index in [0.717, 1.165) is 12.1 Å². The van der Waals surface area contributed by atoms with Crippen LogP contribution < -0.4 is 10.1 Å². The standard InChI is InChI=1S/C18H12ClF3N2O2/c1-11-14(19)6-4-7-15(11)24-17(25)13(10-23)9-12-5-2-3-8-16(12)26-18(20,21)22/h2-9H,1H3,(H,24,25)/b13-9+. The van der Waals surface area contributed by atoms with Crippen LogP contribution in [0.4, 0.5) is 18.9 Å². The number of nitrogens with one attached hydrogen (secondary N) is 1. The first-order valence-corrected chi connectivity index (χ1v) is 7.62. The van der Waals surface area contributed by atoms with E-state index in [1.807, 2.05) is 0 Å². The first-order valence-electron chi connectivity index (χ1n) is 7.24. The molecule has 0 radical (unpaired) electrons. The van der Waals surface area contributed by atoms with Gasteiger partial charge in [-0.25, -0.2) is 0 Å². The number of hydrogen-bond donors (Lipinski definition) is 1. The maximum atomic E-state index is 12.5. The molecule has 0 aromatic heterocycles. The number of carbonyl (C=O) groups is 1. The lowest BCUT2D eigenvalue weighted by atomic mass is 10.1. The molecule has 2 rings (SSSR count). The number of nitrogens with zero attached hydrogens (tertiary/aromatic N) is 1. The molecule has 1 N–H and O–H groups in total. The smallest absolute Gasteiger partial charge is 0.405 e. The van der Waals surface area contributed by atoms with E-state index in [1.165, 1.54) is 18.2 Å². The van der Waals surface area contributed by atoms with E-state index in [0.29, 0.717) is 16.3 Å². The maximum absolute atomic E-state index is 12.5. The van der Waals surface area contributed by atoms with Crippen LogP contribution in [-0.2, 0) is 4.79 Å². The summed E-state index contributed by atoms with van der Waals surface area (Å²) in [7, 11) is 0. The maximum Gasteiger partial charge on any atom is 0.573 e. The van der Waals surface area contributed by atoms with Crippen molar-refractivity contribution in [1.29, 1.82) is 5.26 Å². The topological polar surface area (TPSA) is 62.1 Å². The Balaban J connectivity index is 2.32. The second-order valence-electron chi connectivity index (χ2n) is 5.12. The van der Waals surface area contributed by atoms with E-state index in [2.05, 4.69) is 10.1 Å². The largest absolute Gasteiger partial charge is 0.573 e. The van der Waals surface area contributed by atoms with Crippen molar-refractivity contribution < 1.29 is 22.7 Å². The minimum Gasteiger partial charge on any atom is -0.405 e. The summed E-state index contributed by atoms with van der Waals surface area (Å²) in [6, 6.07) is 11.7. The molecule has 0 fully saturated rings. The molecule has 2 aromatic rings. The Kier molecular flexibility index (Phi) is 5.90. The Morgan fingerprint density at radius 2 is 1.92 bits per heavy atom. The summed E-state index contributed by atoms with van der Waals surface area (Å²) in [6.07, 6.45) is -3.87. The fraction of sp³-hybridized carbons (Fsp3) is 0.111. The minimum absolute atomic E-state index is 0.0562. The first kappa shape index (κ1) is 19.3. The molecule has 2 aromatic carbocycles. The van der Waals surface area contributed by atoms with E-state index in [-0.39, 0.29) is 11.1 Å². The van der Waals surface area contributed by atoms with Gasteiger partial charge in [0.2, 0.25) is 0 Å². The zero-order chi connectivity index (χ0) is 19.3. The molecule has 0 saturated carbocycles. The SMILES string of the molecule is Cc1c(Cl)cccc1NC(=O)/C(C#N)=C/c1ccccc1OC(F)(F)F. The molecule has 0 heterocycles. The summed E-state index contributed by atoms with van der Waals surface area (Å²) in [4.78, 5) is 12.3. The lowest BCUT2D eigenvalue weighted by molar-refractivity contribution is -0.274. The minimum atomic E-state index is -4.89. The number of para-hydroxylation sites is 1. The average molecular weight is 381 g/mol. The lowest BCUT2D eigenvalue weighted by Crippen LogP contribution is -2.18. The number of hydrogen-bond acceptors (Lipinski definition) is 3. The highest BCUT2D eigenvalue weighted by Crippen LogP contribution is 2.28. The van der Waals surface area contributed by atoms with E-state index in [9.17, 15) is 23.2 Å². The Labute approximate surface area is 152 Å². The number of benzene rings is 2. The molecule has 8 heteroatoms. The van der Waals surface area contributed by atoms with Gasteiger partial charge < -0.3 is 10.1 Å². The third-order valence-corrected chi connectivity index (χ3v) is 3.73. The van der Waals surface area contributed by atoms with E-state index >= 15 is 0 Å². The molecule has 0 unspecified atom stereocenters.